The number of Topliss-reactive ketones (excluding diaryl/α,β-unsaturated/α-hetero) is 1. The molecule has 0 unspecified atom stereocenters. The second kappa shape index (κ2) is 11.4. The van der Waals surface area contributed by atoms with E-state index in [4.69, 9.17) is 16.3 Å². The molecule has 4 aromatic rings. The number of rotatable bonds is 10. The number of fused-ring (bicyclic) bond motifs is 1. The van der Waals surface area contributed by atoms with Crippen molar-refractivity contribution in [3.63, 3.8) is 0 Å². The quantitative estimate of drug-likeness (QED) is 0.224. The van der Waals surface area contributed by atoms with Crippen molar-refractivity contribution >= 4 is 51.4 Å². The largest absolute Gasteiger partial charge is 0.489 e. The molecular formula is C26H22ClF3N4O3. The summed E-state index contributed by atoms with van der Waals surface area (Å²) in [5.41, 5.74) is 2.44. The lowest BCUT2D eigenvalue weighted by Crippen LogP contribution is -2.22. The third-order valence-electron chi connectivity index (χ3n) is 5.31. The molecule has 192 valence electrons. The normalized spacial score (nSPS) is 11.4. The Hall–Kier alpha value is -3.89. The van der Waals surface area contributed by atoms with Gasteiger partial charge >= 0.3 is 6.18 Å². The summed E-state index contributed by atoms with van der Waals surface area (Å²) in [5.74, 6) is -0.560. The molecule has 0 amide bonds. The van der Waals surface area contributed by atoms with E-state index < -0.39 is 18.4 Å². The Morgan fingerprint density at radius 3 is 2.30 bits per heavy atom. The molecule has 0 saturated heterocycles. The molecule has 1 heterocycles. The molecule has 0 saturated carbocycles. The molecular weight excluding hydrogens is 509 g/mol. The predicted octanol–water partition coefficient (Wildman–Crippen LogP) is 6.21. The van der Waals surface area contributed by atoms with Crippen molar-refractivity contribution in [2.45, 2.75) is 19.0 Å². The molecule has 0 spiro atoms. The van der Waals surface area contributed by atoms with Crippen LogP contribution in [0, 0.1) is 0 Å². The summed E-state index contributed by atoms with van der Waals surface area (Å²) < 4.78 is 43.0. The van der Waals surface area contributed by atoms with Crippen LogP contribution >= 0.6 is 11.6 Å². The average molecular weight is 531 g/mol. The van der Waals surface area contributed by atoms with Crippen LogP contribution in [0.3, 0.4) is 0 Å². The number of alkyl halides is 3. The van der Waals surface area contributed by atoms with E-state index in [1.807, 2.05) is 6.07 Å². The summed E-state index contributed by atoms with van der Waals surface area (Å²) in [6, 6.07) is 19.1. The van der Waals surface area contributed by atoms with Gasteiger partial charge in [-0.1, -0.05) is 29.8 Å². The lowest BCUT2D eigenvalue weighted by atomic mass is 10.1. The Kier molecular flexibility index (Phi) is 8.10. The van der Waals surface area contributed by atoms with E-state index >= 15 is 0 Å². The van der Waals surface area contributed by atoms with Crippen molar-refractivity contribution in [3.8, 4) is 5.75 Å². The number of aromatic nitrogens is 2. The fourth-order valence-corrected chi connectivity index (χ4v) is 3.63. The van der Waals surface area contributed by atoms with Gasteiger partial charge < -0.3 is 20.5 Å². The number of ketones is 1. The van der Waals surface area contributed by atoms with E-state index in [-0.39, 0.29) is 25.6 Å². The van der Waals surface area contributed by atoms with Crippen LogP contribution in [0.5, 0.6) is 5.75 Å². The van der Waals surface area contributed by atoms with Gasteiger partial charge in [0, 0.05) is 28.2 Å². The lowest BCUT2D eigenvalue weighted by Gasteiger charge is -2.14. The second-order valence-corrected chi connectivity index (χ2v) is 8.43. The fraction of sp³-hybridized carbons (Fsp3) is 0.192. The molecule has 3 N–H and O–H groups in total. The Morgan fingerprint density at radius 2 is 1.62 bits per heavy atom. The minimum absolute atomic E-state index is 0.0220. The topological polar surface area (TPSA) is 96.4 Å². The van der Waals surface area contributed by atoms with Gasteiger partial charge in [-0.25, -0.2) is 4.98 Å². The molecule has 0 aliphatic heterocycles. The van der Waals surface area contributed by atoms with E-state index in [1.54, 1.807) is 60.7 Å². The maximum atomic E-state index is 12.4. The van der Waals surface area contributed by atoms with E-state index in [0.717, 1.165) is 5.69 Å². The van der Waals surface area contributed by atoms with Gasteiger partial charge in [0.1, 0.15) is 23.7 Å². The number of ether oxygens (including phenoxy) is 1. The van der Waals surface area contributed by atoms with Crippen molar-refractivity contribution < 1.29 is 27.8 Å². The molecule has 0 aliphatic rings. The number of hydrogen-bond acceptors (Lipinski definition) is 7. The fourth-order valence-electron chi connectivity index (χ4n) is 3.50. The molecule has 7 nitrogen and oxygen atoms in total. The van der Waals surface area contributed by atoms with Crippen LogP contribution in [0.15, 0.2) is 66.7 Å². The third kappa shape index (κ3) is 6.87. The highest BCUT2D eigenvalue weighted by Gasteiger charge is 2.37. The van der Waals surface area contributed by atoms with Gasteiger partial charge in [-0.05, 0) is 60.5 Å². The molecule has 0 fully saturated rings. The molecule has 0 atom stereocenters. The summed E-state index contributed by atoms with van der Waals surface area (Å²) in [6.07, 6.45) is -5.46. The van der Waals surface area contributed by atoms with Gasteiger partial charge in [-0.15, -0.1) is 0 Å². The van der Waals surface area contributed by atoms with Gasteiger partial charge in [0.2, 0.25) is 11.7 Å². The number of aryl methyl sites for hydroxylation is 1. The molecule has 0 bridgehead atoms. The van der Waals surface area contributed by atoms with E-state index in [0.29, 0.717) is 38.7 Å². The van der Waals surface area contributed by atoms with Crippen LogP contribution in [-0.4, -0.2) is 40.2 Å². The zero-order valence-corrected chi connectivity index (χ0v) is 20.1. The molecule has 11 heteroatoms. The third-order valence-corrected chi connectivity index (χ3v) is 5.56. The van der Waals surface area contributed by atoms with Gasteiger partial charge in [0.05, 0.1) is 6.61 Å². The summed E-state index contributed by atoms with van der Waals surface area (Å²) in [6.45, 7) is -0.0759. The predicted molar refractivity (Wildman–Crippen MR) is 136 cm³/mol. The number of benzene rings is 3. The molecule has 37 heavy (non-hydrogen) atoms. The highest BCUT2D eigenvalue weighted by molar-refractivity contribution is 6.30. The number of aliphatic hydroxyl groups is 1. The summed E-state index contributed by atoms with van der Waals surface area (Å²) in [4.78, 5) is 20.3. The first-order chi connectivity index (χ1) is 17.7. The Bertz CT molecular complexity index is 1380. The zero-order valence-electron chi connectivity index (χ0n) is 19.3. The number of nitrogens with one attached hydrogen (secondary N) is 2. The maximum Gasteiger partial charge on any atom is 0.449 e. The number of halogens is 4. The van der Waals surface area contributed by atoms with Crippen molar-refractivity contribution in [2.75, 3.05) is 23.8 Å². The molecule has 0 radical (unpaired) electrons. The Labute approximate surface area is 215 Å². The van der Waals surface area contributed by atoms with Gasteiger partial charge in [0.25, 0.3) is 0 Å². The van der Waals surface area contributed by atoms with E-state index in [1.165, 1.54) is 0 Å². The molecule has 1 aromatic heterocycles. The second-order valence-electron chi connectivity index (χ2n) is 7.99. The van der Waals surface area contributed by atoms with Gasteiger partial charge in [-0.2, -0.15) is 18.2 Å². The average Bonchev–Trinajstić information content (AvgIpc) is 2.87. The van der Waals surface area contributed by atoms with Crippen LogP contribution in [0.2, 0.25) is 5.02 Å². The summed E-state index contributed by atoms with van der Waals surface area (Å²) >= 11 is 5.99. The number of para-hydroxylation sites is 1. The van der Waals surface area contributed by atoms with Crippen molar-refractivity contribution in [3.05, 3.63) is 77.3 Å². The van der Waals surface area contributed by atoms with Crippen molar-refractivity contribution in [1.82, 2.24) is 9.97 Å². The Morgan fingerprint density at radius 1 is 0.946 bits per heavy atom. The Balaban J connectivity index is 1.61. The standard InChI is InChI=1S/C26H22ClF3N4O3/c27-17-7-11-18(12-8-17)31-24-20-2-1-3-21(37-15-14-35)23(20)33-25(34-24)32-19-9-4-16(5-10-19)6-13-22(36)26(28,29)30/h1-5,7-12,35H,6,13-15H2,(H2,31,32,33,34). The van der Waals surface area contributed by atoms with E-state index in [9.17, 15) is 23.1 Å². The maximum absolute atomic E-state index is 12.4. The minimum Gasteiger partial charge on any atom is -0.489 e. The summed E-state index contributed by atoms with van der Waals surface area (Å²) in [7, 11) is 0. The van der Waals surface area contributed by atoms with Crippen LogP contribution in [0.25, 0.3) is 10.9 Å². The molecule has 4 rings (SSSR count). The number of aliphatic hydroxyl groups excluding tert-OH is 1. The highest BCUT2D eigenvalue weighted by Crippen LogP contribution is 2.32. The van der Waals surface area contributed by atoms with Gasteiger partial charge in [-0.3, -0.25) is 4.79 Å². The van der Waals surface area contributed by atoms with Crippen LogP contribution in [-0.2, 0) is 11.2 Å². The number of carbonyl (C=O) groups excluding carboxylic acids is 1. The first kappa shape index (κ1) is 26.2. The highest BCUT2D eigenvalue weighted by atomic mass is 35.5. The number of hydrogen-bond donors (Lipinski definition) is 3. The molecule has 3 aromatic carbocycles. The summed E-state index contributed by atoms with van der Waals surface area (Å²) in [5, 5.41) is 16.8. The first-order valence-corrected chi connectivity index (χ1v) is 11.6. The van der Waals surface area contributed by atoms with Gasteiger partial charge in [0.15, 0.2) is 0 Å². The minimum atomic E-state index is -4.83. The number of nitrogens with zero attached hydrogens (tertiary/aromatic N) is 2. The number of anilines is 4. The smallest absolute Gasteiger partial charge is 0.449 e. The number of carbonyl (C=O) groups is 1. The van der Waals surface area contributed by atoms with Crippen LogP contribution in [0.4, 0.5) is 36.3 Å². The van der Waals surface area contributed by atoms with Crippen molar-refractivity contribution in [1.29, 1.82) is 0 Å². The SMILES string of the molecule is O=C(CCc1ccc(Nc2nc(Nc3ccc(Cl)cc3)c3cccc(OCCO)c3n2)cc1)C(F)(F)F. The molecule has 0 aliphatic carbocycles. The zero-order chi connectivity index (χ0) is 26.4. The monoisotopic (exact) mass is 530 g/mol. The first-order valence-electron chi connectivity index (χ1n) is 11.3. The van der Waals surface area contributed by atoms with Crippen LogP contribution < -0.4 is 15.4 Å². The van der Waals surface area contributed by atoms with Crippen molar-refractivity contribution in [2.24, 2.45) is 0 Å². The lowest BCUT2D eigenvalue weighted by molar-refractivity contribution is -0.171. The van der Waals surface area contributed by atoms with Crippen LogP contribution in [0.1, 0.15) is 12.0 Å². The van der Waals surface area contributed by atoms with E-state index in [2.05, 4.69) is 20.6 Å².